The van der Waals surface area contributed by atoms with Crippen LogP contribution < -0.4 is 22.8 Å². The highest BCUT2D eigenvalue weighted by molar-refractivity contribution is 5.71. The molecule has 12 nitrogen and oxygen atoms in total. The number of aromatic nitrogens is 4. The number of nitrogen functional groups attached to an aromatic ring is 1. The van der Waals surface area contributed by atoms with Crippen molar-refractivity contribution in [3.05, 3.63) is 16.7 Å². The van der Waals surface area contributed by atoms with Crippen molar-refractivity contribution in [2.45, 2.75) is 36.4 Å². The van der Waals surface area contributed by atoms with Gasteiger partial charge in [-0.05, 0) is 19.5 Å². The van der Waals surface area contributed by atoms with Gasteiger partial charge in [0.25, 0.3) is 5.56 Å². The second kappa shape index (κ2) is 6.57. The predicted molar refractivity (Wildman–Crippen MR) is 90.8 cm³/mol. The molecule has 144 valence electrons. The van der Waals surface area contributed by atoms with Gasteiger partial charge in [0.05, 0.1) is 12.9 Å². The van der Waals surface area contributed by atoms with E-state index in [1.165, 1.54) is 10.9 Å². The lowest BCUT2D eigenvalue weighted by molar-refractivity contribution is -0.199. The van der Waals surface area contributed by atoms with E-state index in [0.29, 0.717) is 0 Å². The Kier molecular flexibility index (Phi) is 4.72. The molecular weight excluding hydrogens is 346 g/mol. The number of ether oxygens (including phenoxy) is 1. The van der Waals surface area contributed by atoms with Crippen LogP contribution in [0.4, 0.5) is 5.95 Å². The van der Waals surface area contributed by atoms with Crippen molar-refractivity contribution in [2.75, 3.05) is 25.4 Å². The van der Waals surface area contributed by atoms with E-state index in [2.05, 4.69) is 15.0 Å². The molecular formula is C14H23N7O5. The molecule has 1 aliphatic rings. The van der Waals surface area contributed by atoms with Gasteiger partial charge in [-0.1, -0.05) is 0 Å². The Morgan fingerprint density at radius 2 is 2.04 bits per heavy atom. The maximum absolute atomic E-state index is 12.1. The van der Waals surface area contributed by atoms with E-state index >= 15 is 0 Å². The molecule has 12 heteroatoms. The number of aliphatic hydroxyl groups is 3. The molecule has 0 aliphatic carbocycles. The number of imidazole rings is 1. The lowest BCUT2D eigenvalue weighted by Crippen LogP contribution is -2.59. The van der Waals surface area contributed by atoms with E-state index in [1.54, 1.807) is 0 Å². The second-order valence-corrected chi connectivity index (χ2v) is 6.31. The van der Waals surface area contributed by atoms with Crippen molar-refractivity contribution in [1.29, 1.82) is 0 Å². The maximum atomic E-state index is 12.1. The Bertz CT molecular complexity index is 854. The number of H-pyrrole nitrogens is 1. The van der Waals surface area contributed by atoms with Crippen LogP contribution in [-0.4, -0.2) is 72.3 Å². The second-order valence-electron chi connectivity index (χ2n) is 6.31. The zero-order valence-corrected chi connectivity index (χ0v) is 14.0. The molecule has 0 amide bonds. The molecule has 0 saturated carbocycles. The van der Waals surface area contributed by atoms with Crippen LogP contribution in [0.5, 0.6) is 0 Å². The third-order valence-electron chi connectivity index (χ3n) is 4.87. The molecule has 2 aromatic rings. The minimum Gasteiger partial charge on any atom is -0.394 e. The van der Waals surface area contributed by atoms with Gasteiger partial charge in [0.1, 0.15) is 17.8 Å². The molecule has 3 heterocycles. The fourth-order valence-corrected chi connectivity index (χ4v) is 3.70. The molecule has 2 aromatic heterocycles. The Labute approximate surface area is 147 Å². The van der Waals surface area contributed by atoms with Crippen molar-refractivity contribution in [3.63, 3.8) is 0 Å². The Morgan fingerprint density at radius 3 is 2.65 bits per heavy atom. The first kappa shape index (κ1) is 18.7. The van der Waals surface area contributed by atoms with Gasteiger partial charge in [-0.25, -0.2) is 4.98 Å². The molecule has 0 unspecified atom stereocenters. The third-order valence-corrected chi connectivity index (χ3v) is 4.87. The molecule has 0 spiro atoms. The summed E-state index contributed by atoms with van der Waals surface area (Å²) in [7, 11) is 0. The van der Waals surface area contributed by atoms with Crippen molar-refractivity contribution in [1.82, 2.24) is 19.5 Å². The van der Waals surface area contributed by atoms with E-state index in [4.69, 9.17) is 21.9 Å². The SMILES string of the molecule is NCC[C@@]1(O)[C@H](O)[C@@H](CO)O[C@@]1(CCN)n1cnc2c(=O)[nH]c(N)nc21. The van der Waals surface area contributed by atoms with Gasteiger partial charge in [0.15, 0.2) is 16.9 Å². The highest BCUT2D eigenvalue weighted by Gasteiger charge is 2.65. The molecule has 0 bridgehead atoms. The summed E-state index contributed by atoms with van der Waals surface area (Å²) in [5.74, 6) is -0.147. The van der Waals surface area contributed by atoms with Crippen molar-refractivity contribution >= 4 is 17.1 Å². The number of hydrogen-bond donors (Lipinski definition) is 7. The summed E-state index contributed by atoms with van der Waals surface area (Å²) >= 11 is 0. The molecule has 3 rings (SSSR count). The van der Waals surface area contributed by atoms with Crippen molar-refractivity contribution in [3.8, 4) is 0 Å². The van der Waals surface area contributed by atoms with Gasteiger partial charge < -0.3 is 37.3 Å². The van der Waals surface area contributed by atoms with E-state index in [-0.39, 0.29) is 43.0 Å². The van der Waals surface area contributed by atoms with Crippen LogP contribution in [0, 0.1) is 0 Å². The average molecular weight is 369 g/mol. The molecule has 4 atom stereocenters. The summed E-state index contributed by atoms with van der Waals surface area (Å²) in [4.78, 5) is 22.5. The summed E-state index contributed by atoms with van der Waals surface area (Å²) in [6.07, 6.45) is -1.29. The van der Waals surface area contributed by atoms with Crippen LogP contribution in [0.1, 0.15) is 12.8 Å². The number of rotatable bonds is 6. The van der Waals surface area contributed by atoms with Gasteiger partial charge in [-0.2, -0.15) is 4.98 Å². The molecule has 0 radical (unpaired) electrons. The zero-order chi connectivity index (χ0) is 19.1. The first-order valence-corrected chi connectivity index (χ1v) is 8.17. The van der Waals surface area contributed by atoms with Crippen LogP contribution in [0.25, 0.3) is 11.2 Å². The highest BCUT2D eigenvalue weighted by atomic mass is 16.6. The van der Waals surface area contributed by atoms with Crippen LogP contribution in [0.2, 0.25) is 0 Å². The standard InChI is InChI=1S/C14H23N7O5/c15-3-1-13(25)9(23)7(5-22)26-14(13,2-4-16)21-6-18-8-10(21)19-12(17)20-11(8)24/h6-7,9,22-23,25H,1-5,15-16H2,(H3,17,19,20,24)/t7-,9-,13-,14-/m1/s1. The van der Waals surface area contributed by atoms with E-state index < -0.39 is 35.7 Å². The topological polar surface area (TPSA) is 212 Å². The number of aliphatic hydroxyl groups excluding tert-OH is 2. The summed E-state index contributed by atoms with van der Waals surface area (Å²) in [5, 5.41) is 31.5. The fourth-order valence-electron chi connectivity index (χ4n) is 3.70. The maximum Gasteiger partial charge on any atom is 0.280 e. The number of aromatic amines is 1. The smallest absolute Gasteiger partial charge is 0.280 e. The molecule has 1 fully saturated rings. The van der Waals surface area contributed by atoms with Crippen LogP contribution in [-0.2, 0) is 10.5 Å². The fraction of sp³-hybridized carbons (Fsp3) is 0.643. The number of nitrogens with one attached hydrogen (secondary N) is 1. The van der Waals surface area contributed by atoms with Crippen LogP contribution in [0.3, 0.4) is 0 Å². The van der Waals surface area contributed by atoms with Crippen molar-refractivity contribution in [2.24, 2.45) is 11.5 Å². The normalized spacial score (nSPS) is 31.7. The predicted octanol–water partition coefficient (Wildman–Crippen LogP) is -3.46. The Balaban J connectivity index is 2.30. The number of anilines is 1. The molecule has 10 N–H and O–H groups in total. The highest BCUT2D eigenvalue weighted by Crippen LogP contribution is 2.48. The van der Waals surface area contributed by atoms with Gasteiger partial charge in [0.2, 0.25) is 5.95 Å². The Morgan fingerprint density at radius 1 is 1.35 bits per heavy atom. The number of nitrogens with zero attached hydrogens (tertiary/aromatic N) is 3. The van der Waals surface area contributed by atoms with Gasteiger partial charge >= 0.3 is 0 Å². The quantitative estimate of drug-likeness (QED) is 0.267. The van der Waals surface area contributed by atoms with Gasteiger partial charge in [-0.15, -0.1) is 0 Å². The summed E-state index contributed by atoms with van der Waals surface area (Å²) in [5.41, 5.74) is 12.9. The van der Waals surface area contributed by atoms with Crippen molar-refractivity contribution < 1.29 is 20.1 Å². The average Bonchev–Trinajstić information content (AvgIpc) is 3.10. The third kappa shape index (κ3) is 2.42. The Hall–Kier alpha value is -2.09. The summed E-state index contributed by atoms with van der Waals surface area (Å²) in [6, 6.07) is 0. The number of fused-ring (bicyclic) bond motifs is 1. The van der Waals surface area contributed by atoms with E-state index in [0.717, 1.165) is 0 Å². The van der Waals surface area contributed by atoms with Crippen LogP contribution >= 0.6 is 0 Å². The molecule has 0 aromatic carbocycles. The van der Waals surface area contributed by atoms with Crippen LogP contribution in [0.15, 0.2) is 11.1 Å². The number of hydrogen-bond acceptors (Lipinski definition) is 10. The molecule has 1 saturated heterocycles. The lowest BCUT2D eigenvalue weighted by Gasteiger charge is -2.42. The first-order chi connectivity index (χ1) is 12.3. The molecule has 1 aliphatic heterocycles. The van der Waals surface area contributed by atoms with Gasteiger partial charge in [-0.3, -0.25) is 14.3 Å². The summed E-state index contributed by atoms with van der Waals surface area (Å²) in [6.45, 7) is -0.441. The minimum atomic E-state index is -1.90. The first-order valence-electron chi connectivity index (χ1n) is 8.17. The number of nitrogens with two attached hydrogens (primary N) is 3. The summed E-state index contributed by atoms with van der Waals surface area (Å²) < 4.78 is 7.22. The lowest BCUT2D eigenvalue weighted by atomic mass is 9.80. The molecule has 26 heavy (non-hydrogen) atoms. The van der Waals surface area contributed by atoms with E-state index in [9.17, 15) is 20.1 Å². The van der Waals surface area contributed by atoms with Gasteiger partial charge in [0, 0.05) is 6.42 Å². The zero-order valence-electron chi connectivity index (χ0n) is 14.0. The minimum absolute atomic E-state index is 0.0174. The monoisotopic (exact) mass is 369 g/mol. The largest absolute Gasteiger partial charge is 0.394 e. The van der Waals surface area contributed by atoms with E-state index in [1.807, 2.05) is 0 Å².